The second-order valence-corrected chi connectivity index (χ2v) is 6.62. The molecule has 0 atom stereocenters. The zero-order valence-electron chi connectivity index (χ0n) is 14.6. The van der Waals surface area contributed by atoms with Crippen molar-refractivity contribution in [3.63, 3.8) is 0 Å². The fraction of sp³-hybridized carbons (Fsp3) is 0.350. The number of benzene rings is 1. The van der Waals surface area contributed by atoms with Crippen molar-refractivity contribution in [1.82, 2.24) is 19.9 Å². The number of hydrogen-bond donors (Lipinski definition) is 1. The third-order valence-corrected chi connectivity index (χ3v) is 4.52. The van der Waals surface area contributed by atoms with Gasteiger partial charge in [0.15, 0.2) is 5.65 Å². The van der Waals surface area contributed by atoms with Gasteiger partial charge in [-0.3, -0.25) is 4.79 Å². The summed E-state index contributed by atoms with van der Waals surface area (Å²) in [6, 6.07) is 11.8. The zero-order chi connectivity index (χ0) is 17.8. The predicted octanol–water partition coefficient (Wildman–Crippen LogP) is 2.94. The summed E-state index contributed by atoms with van der Waals surface area (Å²) in [5, 5.41) is 7.30. The molecule has 2 aromatic heterocycles. The van der Waals surface area contributed by atoms with Crippen molar-refractivity contribution < 1.29 is 9.53 Å². The first-order valence-corrected chi connectivity index (χ1v) is 9.07. The molecule has 6 heteroatoms. The highest BCUT2D eigenvalue weighted by Gasteiger charge is 2.21. The maximum absolute atomic E-state index is 12.5. The van der Waals surface area contributed by atoms with E-state index >= 15 is 0 Å². The molecule has 0 aliphatic heterocycles. The average molecular weight is 350 g/mol. The van der Waals surface area contributed by atoms with Crippen LogP contribution in [0.3, 0.4) is 0 Å². The van der Waals surface area contributed by atoms with Gasteiger partial charge in [0, 0.05) is 31.5 Å². The summed E-state index contributed by atoms with van der Waals surface area (Å²) in [5.74, 6) is 0.619. The Morgan fingerprint density at radius 2 is 2.08 bits per heavy atom. The van der Waals surface area contributed by atoms with E-state index in [1.165, 1.54) is 12.8 Å². The molecule has 3 aromatic rings. The van der Waals surface area contributed by atoms with Gasteiger partial charge in [-0.15, -0.1) is 0 Å². The quantitative estimate of drug-likeness (QED) is 0.634. The predicted molar refractivity (Wildman–Crippen MR) is 98.9 cm³/mol. The summed E-state index contributed by atoms with van der Waals surface area (Å²) >= 11 is 0. The van der Waals surface area contributed by atoms with E-state index in [1.54, 1.807) is 16.9 Å². The average Bonchev–Trinajstić information content (AvgIpc) is 3.40. The number of nitrogens with zero attached hydrogens (tertiary/aromatic N) is 3. The SMILES string of the molecule is O=C(NCCCOCC1CC1)c1cnn2c(-c3ccccc3)ccnc12. The van der Waals surface area contributed by atoms with Gasteiger partial charge in [0.05, 0.1) is 11.9 Å². The summed E-state index contributed by atoms with van der Waals surface area (Å²) in [4.78, 5) is 16.8. The molecule has 6 nitrogen and oxygen atoms in total. The summed E-state index contributed by atoms with van der Waals surface area (Å²) < 4.78 is 7.30. The molecule has 134 valence electrons. The van der Waals surface area contributed by atoms with Gasteiger partial charge in [0.2, 0.25) is 0 Å². The van der Waals surface area contributed by atoms with E-state index < -0.39 is 0 Å². The van der Waals surface area contributed by atoms with Crippen LogP contribution in [-0.2, 0) is 4.74 Å². The minimum atomic E-state index is -0.153. The lowest BCUT2D eigenvalue weighted by atomic mass is 10.1. The Morgan fingerprint density at radius 3 is 2.88 bits per heavy atom. The Labute approximate surface area is 152 Å². The van der Waals surface area contributed by atoms with Crippen molar-refractivity contribution >= 4 is 11.6 Å². The largest absolute Gasteiger partial charge is 0.381 e. The molecule has 0 spiro atoms. The van der Waals surface area contributed by atoms with Crippen LogP contribution in [0.1, 0.15) is 29.6 Å². The van der Waals surface area contributed by atoms with E-state index in [0.29, 0.717) is 24.4 Å². The summed E-state index contributed by atoms with van der Waals surface area (Å²) in [6.45, 7) is 2.12. The first-order chi connectivity index (χ1) is 12.8. The standard InChI is InChI=1S/C20H22N4O2/c25-20(22-10-4-12-26-14-15-7-8-15)17-13-23-24-18(9-11-21-19(17)24)16-5-2-1-3-6-16/h1-3,5-6,9,11,13,15H,4,7-8,10,12,14H2,(H,22,25). The van der Waals surface area contributed by atoms with Crippen LogP contribution in [0.4, 0.5) is 0 Å². The second kappa shape index (κ2) is 7.66. The lowest BCUT2D eigenvalue weighted by molar-refractivity contribution is 0.0938. The van der Waals surface area contributed by atoms with Gasteiger partial charge in [0.1, 0.15) is 5.56 Å². The van der Waals surface area contributed by atoms with Crippen LogP contribution in [0.15, 0.2) is 48.8 Å². The Balaban J connectivity index is 1.41. The number of ether oxygens (including phenoxy) is 1. The number of nitrogens with one attached hydrogen (secondary N) is 1. The molecule has 0 unspecified atom stereocenters. The van der Waals surface area contributed by atoms with Gasteiger partial charge >= 0.3 is 0 Å². The maximum atomic E-state index is 12.5. The highest BCUT2D eigenvalue weighted by molar-refractivity contribution is 5.99. The number of hydrogen-bond acceptors (Lipinski definition) is 4. The molecule has 0 bridgehead atoms. The number of rotatable bonds is 8. The van der Waals surface area contributed by atoms with E-state index in [-0.39, 0.29) is 5.91 Å². The maximum Gasteiger partial charge on any atom is 0.256 e. The number of amides is 1. The van der Waals surface area contributed by atoms with Crippen LogP contribution in [-0.4, -0.2) is 40.3 Å². The van der Waals surface area contributed by atoms with Crippen molar-refractivity contribution in [2.24, 2.45) is 5.92 Å². The monoisotopic (exact) mass is 350 g/mol. The van der Waals surface area contributed by atoms with E-state index in [1.807, 2.05) is 36.4 Å². The van der Waals surface area contributed by atoms with Gasteiger partial charge in [-0.1, -0.05) is 30.3 Å². The first kappa shape index (κ1) is 16.7. The molecule has 1 aromatic carbocycles. The van der Waals surface area contributed by atoms with Crippen molar-refractivity contribution in [2.45, 2.75) is 19.3 Å². The number of aromatic nitrogens is 3. The molecular formula is C20H22N4O2. The van der Waals surface area contributed by atoms with E-state index in [0.717, 1.165) is 30.2 Å². The zero-order valence-corrected chi connectivity index (χ0v) is 14.6. The Kier molecular flexibility index (Phi) is 4.93. The van der Waals surface area contributed by atoms with Crippen molar-refractivity contribution in [3.8, 4) is 11.3 Å². The molecule has 1 aliphatic rings. The van der Waals surface area contributed by atoms with Crippen molar-refractivity contribution in [1.29, 1.82) is 0 Å². The lowest BCUT2D eigenvalue weighted by Gasteiger charge is -2.06. The highest BCUT2D eigenvalue weighted by Crippen LogP contribution is 2.28. The van der Waals surface area contributed by atoms with Gasteiger partial charge in [-0.25, -0.2) is 9.50 Å². The topological polar surface area (TPSA) is 68.5 Å². The van der Waals surface area contributed by atoms with Crippen molar-refractivity contribution in [3.05, 3.63) is 54.4 Å². The fourth-order valence-corrected chi connectivity index (χ4v) is 2.89. The number of carbonyl (C=O) groups is 1. The molecule has 0 saturated heterocycles. The molecule has 4 rings (SSSR count). The summed E-state index contributed by atoms with van der Waals surface area (Å²) in [7, 11) is 0. The second-order valence-electron chi connectivity index (χ2n) is 6.62. The minimum Gasteiger partial charge on any atom is -0.381 e. The Morgan fingerprint density at radius 1 is 1.23 bits per heavy atom. The highest BCUT2D eigenvalue weighted by atomic mass is 16.5. The lowest BCUT2D eigenvalue weighted by Crippen LogP contribution is -2.25. The molecule has 1 N–H and O–H groups in total. The van der Waals surface area contributed by atoms with E-state index in [9.17, 15) is 4.79 Å². The van der Waals surface area contributed by atoms with Gasteiger partial charge < -0.3 is 10.1 Å². The van der Waals surface area contributed by atoms with Gasteiger partial charge in [-0.2, -0.15) is 5.10 Å². The van der Waals surface area contributed by atoms with Crippen LogP contribution in [0, 0.1) is 5.92 Å². The molecule has 1 saturated carbocycles. The van der Waals surface area contributed by atoms with Crippen LogP contribution in [0.5, 0.6) is 0 Å². The minimum absolute atomic E-state index is 0.153. The molecule has 2 heterocycles. The molecular weight excluding hydrogens is 328 g/mol. The normalized spacial score (nSPS) is 13.8. The Bertz CT molecular complexity index is 887. The van der Waals surface area contributed by atoms with Crippen LogP contribution in [0.2, 0.25) is 0 Å². The van der Waals surface area contributed by atoms with Crippen molar-refractivity contribution in [2.75, 3.05) is 19.8 Å². The molecule has 1 aliphatic carbocycles. The smallest absolute Gasteiger partial charge is 0.256 e. The van der Waals surface area contributed by atoms with E-state index in [4.69, 9.17) is 4.74 Å². The van der Waals surface area contributed by atoms with Gasteiger partial charge in [-0.05, 0) is 31.2 Å². The van der Waals surface area contributed by atoms with Crippen LogP contribution < -0.4 is 5.32 Å². The third kappa shape index (κ3) is 3.75. The van der Waals surface area contributed by atoms with E-state index in [2.05, 4.69) is 15.4 Å². The summed E-state index contributed by atoms with van der Waals surface area (Å²) in [6.07, 6.45) is 6.68. The van der Waals surface area contributed by atoms with Gasteiger partial charge in [0.25, 0.3) is 5.91 Å². The molecule has 1 fully saturated rings. The van der Waals surface area contributed by atoms with Crippen LogP contribution >= 0.6 is 0 Å². The molecule has 26 heavy (non-hydrogen) atoms. The fourth-order valence-electron chi connectivity index (χ4n) is 2.89. The molecule has 1 amide bonds. The van der Waals surface area contributed by atoms with Crippen LogP contribution in [0.25, 0.3) is 16.9 Å². The Hall–Kier alpha value is -2.73. The molecule has 0 radical (unpaired) electrons. The number of carbonyl (C=O) groups excluding carboxylic acids is 1. The number of fused-ring (bicyclic) bond motifs is 1. The summed E-state index contributed by atoms with van der Waals surface area (Å²) in [5.41, 5.74) is 2.99. The first-order valence-electron chi connectivity index (χ1n) is 9.07. The third-order valence-electron chi connectivity index (χ3n) is 4.52.